The topological polar surface area (TPSA) is 92.8 Å². The Bertz CT molecular complexity index is 1100. The van der Waals surface area contributed by atoms with Crippen molar-refractivity contribution in [1.29, 1.82) is 5.26 Å². The highest BCUT2D eigenvalue weighted by atomic mass is 79.9. The third-order valence-electron chi connectivity index (χ3n) is 3.65. The first kappa shape index (κ1) is 20.5. The molecular formula is C20H17BrFN5O2. The summed E-state index contributed by atoms with van der Waals surface area (Å²) in [7, 11) is 0. The van der Waals surface area contributed by atoms with Gasteiger partial charge in [-0.3, -0.25) is 5.32 Å². The summed E-state index contributed by atoms with van der Waals surface area (Å²) in [5, 5.41) is 15.9. The molecule has 148 valence electrons. The molecule has 0 atom stereocenters. The molecule has 9 heteroatoms. The quantitative estimate of drug-likeness (QED) is 0.593. The number of pyridine rings is 1. The number of hydrogen-bond donors (Lipinski definition) is 1. The van der Waals surface area contributed by atoms with Gasteiger partial charge in [-0.25, -0.2) is 18.9 Å². The zero-order valence-corrected chi connectivity index (χ0v) is 17.5. The molecule has 0 radical (unpaired) electrons. The maximum absolute atomic E-state index is 14.2. The number of nitrogens with one attached hydrogen (secondary N) is 1. The molecule has 2 heterocycles. The summed E-state index contributed by atoms with van der Waals surface area (Å²) in [6.07, 6.45) is 0.935. The fourth-order valence-corrected chi connectivity index (χ4v) is 2.72. The summed E-state index contributed by atoms with van der Waals surface area (Å²) in [6, 6.07) is 11.1. The Kier molecular flexibility index (Phi) is 5.66. The minimum Gasteiger partial charge on any atom is -0.444 e. The van der Waals surface area contributed by atoms with Gasteiger partial charge in [0, 0.05) is 22.3 Å². The van der Waals surface area contributed by atoms with Crippen molar-refractivity contribution in [3.63, 3.8) is 0 Å². The van der Waals surface area contributed by atoms with Gasteiger partial charge in [0.05, 0.1) is 11.3 Å². The number of halogens is 2. The molecule has 1 amide bonds. The number of aromatic nitrogens is 3. The zero-order valence-electron chi connectivity index (χ0n) is 15.9. The first-order valence-electron chi connectivity index (χ1n) is 8.58. The molecule has 7 nitrogen and oxygen atoms in total. The minimum absolute atomic E-state index is 0.0614. The van der Waals surface area contributed by atoms with Crippen LogP contribution in [0.3, 0.4) is 0 Å². The van der Waals surface area contributed by atoms with Gasteiger partial charge in [-0.15, -0.1) is 5.10 Å². The molecule has 1 N–H and O–H groups in total. The van der Waals surface area contributed by atoms with E-state index in [-0.39, 0.29) is 11.4 Å². The molecule has 29 heavy (non-hydrogen) atoms. The Hall–Kier alpha value is -3.25. The Labute approximate surface area is 175 Å². The normalized spacial score (nSPS) is 11.0. The first-order chi connectivity index (χ1) is 13.7. The van der Waals surface area contributed by atoms with Gasteiger partial charge in [0.15, 0.2) is 11.6 Å². The van der Waals surface area contributed by atoms with Crippen LogP contribution < -0.4 is 5.32 Å². The van der Waals surface area contributed by atoms with Crippen molar-refractivity contribution in [2.24, 2.45) is 0 Å². The second-order valence-corrected chi connectivity index (χ2v) is 8.01. The average molecular weight is 458 g/mol. The van der Waals surface area contributed by atoms with Crippen LogP contribution in [0.2, 0.25) is 0 Å². The zero-order chi connectivity index (χ0) is 21.2. The van der Waals surface area contributed by atoms with E-state index in [1.807, 2.05) is 0 Å². The predicted octanol–water partition coefficient (Wildman–Crippen LogP) is 5.05. The second-order valence-electron chi connectivity index (χ2n) is 7.09. The standard InChI is InChI=1S/C20H17BrFN5O2/c1-20(2,3)29-19(28)25-17-9-16(12-4-5-13(10-23)15(22)8-12)27(26-17)18-7-6-14(21)11-24-18/h4-9,11H,1-3H3,(H,25,26,28). The molecule has 0 fully saturated rings. The van der Waals surface area contributed by atoms with Crippen molar-refractivity contribution in [2.45, 2.75) is 26.4 Å². The van der Waals surface area contributed by atoms with Gasteiger partial charge >= 0.3 is 6.09 Å². The van der Waals surface area contributed by atoms with Crippen molar-refractivity contribution >= 4 is 27.8 Å². The summed E-state index contributed by atoms with van der Waals surface area (Å²) in [5.41, 5.74) is 0.220. The number of carbonyl (C=O) groups excluding carboxylic acids is 1. The van der Waals surface area contributed by atoms with E-state index in [1.165, 1.54) is 16.8 Å². The van der Waals surface area contributed by atoms with Crippen LogP contribution in [0, 0.1) is 17.1 Å². The molecule has 0 saturated carbocycles. The molecule has 0 saturated heterocycles. The molecule has 0 aliphatic rings. The van der Waals surface area contributed by atoms with Crippen molar-refractivity contribution < 1.29 is 13.9 Å². The summed E-state index contributed by atoms with van der Waals surface area (Å²) in [6.45, 7) is 5.26. The third kappa shape index (κ3) is 4.97. The highest BCUT2D eigenvalue weighted by molar-refractivity contribution is 9.10. The number of anilines is 1. The van der Waals surface area contributed by atoms with Crippen molar-refractivity contribution in [3.05, 3.63) is 58.4 Å². The molecule has 2 aromatic heterocycles. The van der Waals surface area contributed by atoms with Gasteiger partial charge in [-0.1, -0.05) is 6.07 Å². The van der Waals surface area contributed by atoms with Gasteiger partial charge in [0.1, 0.15) is 17.5 Å². The summed E-state index contributed by atoms with van der Waals surface area (Å²) < 4.78 is 21.7. The van der Waals surface area contributed by atoms with Crippen LogP contribution in [-0.4, -0.2) is 26.5 Å². The van der Waals surface area contributed by atoms with E-state index in [9.17, 15) is 9.18 Å². The van der Waals surface area contributed by atoms with Gasteiger partial charge in [-0.2, -0.15) is 5.26 Å². The highest BCUT2D eigenvalue weighted by Crippen LogP contribution is 2.27. The first-order valence-corrected chi connectivity index (χ1v) is 9.37. The molecule has 3 aromatic rings. The van der Waals surface area contributed by atoms with Gasteiger partial charge < -0.3 is 4.74 Å². The van der Waals surface area contributed by atoms with Crippen LogP contribution in [-0.2, 0) is 4.74 Å². The highest BCUT2D eigenvalue weighted by Gasteiger charge is 2.19. The number of amides is 1. The number of ether oxygens (including phenoxy) is 1. The van der Waals surface area contributed by atoms with Gasteiger partial charge in [0.25, 0.3) is 0 Å². The molecule has 0 unspecified atom stereocenters. The second kappa shape index (κ2) is 8.01. The van der Waals surface area contributed by atoms with Crippen LogP contribution in [0.4, 0.5) is 15.0 Å². The number of nitriles is 1. The van der Waals surface area contributed by atoms with Crippen LogP contribution in [0.25, 0.3) is 17.1 Å². The van der Waals surface area contributed by atoms with Gasteiger partial charge in [0.2, 0.25) is 0 Å². The lowest BCUT2D eigenvalue weighted by Crippen LogP contribution is -2.27. The lowest BCUT2D eigenvalue weighted by molar-refractivity contribution is 0.0635. The SMILES string of the molecule is CC(C)(C)OC(=O)Nc1cc(-c2ccc(C#N)c(F)c2)n(-c2ccc(Br)cn2)n1. The van der Waals surface area contributed by atoms with Crippen LogP contribution in [0.5, 0.6) is 0 Å². The molecule has 0 aliphatic carbocycles. The predicted molar refractivity (Wildman–Crippen MR) is 109 cm³/mol. The summed E-state index contributed by atoms with van der Waals surface area (Å²) in [4.78, 5) is 16.4. The molecule has 3 rings (SSSR count). The smallest absolute Gasteiger partial charge is 0.413 e. The van der Waals surface area contributed by atoms with E-state index in [2.05, 4.69) is 31.3 Å². The van der Waals surface area contributed by atoms with E-state index >= 15 is 0 Å². The number of nitrogens with zero attached hydrogens (tertiary/aromatic N) is 4. The molecule has 0 aliphatic heterocycles. The Morgan fingerprint density at radius 2 is 2.03 bits per heavy atom. The third-order valence-corrected chi connectivity index (χ3v) is 4.12. The van der Waals surface area contributed by atoms with Crippen LogP contribution >= 0.6 is 15.9 Å². The van der Waals surface area contributed by atoms with Crippen molar-refractivity contribution in [1.82, 2.24) is 14.8 Å². The molecular weight excluding hydrogens is 441 g/mol. The Balaban J connectivity index is 2.04. The minimum atomic E-state index is -0.668. The number of benzene rings is 1. The van der Waals surface area contributed by atoms with Crippen molar-refractivity contribution in [2.75, 3.05) is 5.32 Å². The lowest BCUT2D eigenvalue weighted by Gasteiger charge is -2.18. The summed E-state index contributed by atoms with van der Waals surface area (Å²) in [5.74, 6) is 0.0251. The van der Waals surface area contributed by atoms with Crippen molar-refractivity contribution in [3.8, 4) is 23.1 Å². The fourth-order valence-electron chi connectivity index (χ4n) is 2.49. The largest absolute Gasteiger partial charge is 0.444 e. The number of carbonyl (C=O) groups is 1. The van der Waals surface area contributed by atoms with Gasteiger partial charge in [-0.05, 0) is 61.0 Å². The average Bonchev–Trinajstić information content (AvgIpc) is 3.04. The summed E-state index contributed by atoms with van der Waals surface area (Å²) >= 11 is 3.33. The molecule has 0 spiro atoms. The maximum Gasteiger partial charge on any atom is 0.413 e. The fraction of sp³-hybridized carbons (Fsp3) is 0.200. The van der Waals surface area contributed by atoms with E-state index in [0.717, 1.165) is 4.47 Å². The Morgan fingerprint density at radius 1 is 1.28 bits per heavy atom. The number of hydrogen-bond acceptors (Lipinski definition) is 5. The lowest BCUT2D eigenvalue weighted by atomic mass is 10.1. The number of rotatable bonds is 3. The monoisotopic (exact) mass is 457 g/mol. The van der Waals surface area contributed by atoms with E-state index in [4.69, 9.17) is 10.00 Å². The Morgan fingerprint density at radius 3 is 2.62 bits per heavy atom. The van der Waals surface area contributed by atoms with E-state index in [0.29, 0.717) is 17.1 Å². The maximum atomic E-state index is 14.2. The van der Waals surface area contributed by atoms with Crippen LogP contribution in [0.1, 0.15) is 26.3 Å². The van der Waals surface area contributed by atoms with Crippen LogP contribution in [0.15, 0.2) is 47.1 Å². The van der Waals surface area contributed by atoms with E-state index < -0.39 is 17.5 Å². The van der Waals surface area contributed by atoms with E-state index in [1.54, 1.807) is 57.3 Å². The molecule has 1 aromatic carbocycles. The molecule has 0 bridgehead atoms.